The molecule has 0 bridgehead atoms. The number of rotatable bonds is 7. The number of anilines is 2. The minimum Gasteiger partial charge on any atom is -0.355 e. The van der Waals surface area contributed by atoms with Crippen molar-refractivity contribution in [2.45, 2.75) is 32.0 Å². The maximum atomic E-state index is 9.50. The van der Waals surface area contributed by atoms with Crippen molar-refractivity contribution in [2.24, 2.45) is 4.99 Å². The molecule has 1 aliphatic heterocycles. The summed E-state index contributed by atoms with van der Waals surface area (Å²) in [5.41, 5.74) is 13.6. The van der Waals surface area contributed by atoms with Gasteiger partial charge in [0.05, 0.1) is 11.6 Å². The molecular formula is C43H34N4. The van der Waals surface area contributed by atoms with Crippen molar-refractivity contribution in [2.75, 3.05) is 5.32 Å². The number of amidine groups is 1. The predicted octanol–water partition coefficient (Wildman–Crippen LogP) is 10.2. The summed E-state index contributed by atoms with van der Waals surface area (Å²) in [7, 11) is 0. The van der Waals surface area contributed by atoms with Crippen molar-refractivity contribution in [1.82, 2.24) is 4.90 Å². The second-order valence-electron chi connectivity index (χ2n) is 12.9. The van der Waals surface area contributed by atoms with Gasteiger partial charge < -0.3 is 10.2 Å². The fourth-order valence-electron chi connectivity index (χ4n) is 7.14. The van der Waals surface area contributed by atoms with Gasteiger partial charge in [0, 0.05) is 34.5 Å². The first-order chi connectivity index (χ1) is 23.0. The maximum Gasteiger partial charge on any atom is 0.150 e. The number of nitrogens with one attached hydrogen (secondary N) is 1. The average Bonchev–Trinajstić information content (AvgIpc) is 3.33. The number of fused-ring (bicyclic) bond motifs is 3. The second-order valence-corrected chi connectivity index (χ2v) is 12.9. The van der Waals surface area contributed by atoms with Gasteiger partial charge in [-0.25, -0.2) is 4.99 Å². The minimum atomic E-state index is -0.101. The van der Waals surface area contributed by atoms with Crippen molar-refractivity contribution in [3.8, 4) is 28.3 Å². The molecule has 0 radical (unpaired) electrons. The summed E-state index contributed by atoms with van der Waals surface area (Å²) in [4.78, 5) is 7.46. The van der Waals surface area contributed by atoms with Crippen LogP contribution in [0.25, 0.3) is 22.3 Å². The van der Waals surface area contributed by atoms with E-state index in [4.69, 9.17) is 4.99 Å². The quantitative estimate of drug-likeness (QED) is 0.197. The molecule has 1 heterocycles. The van der Waals surface area contributed by atoms with Crippen molar-refractivity contribution in [3.63, 3.8) is 0 Å². The Morgan fingerprint density at radius 1 is 0.681 bits per heavy atom. The summed E-state index contributed by atoms with van der Waals surface area (Å²) < 4.78 is 0. The molecule has 1 N–H and O–H groups in total. The van der Waals surface area contributed by atoms with Gasteiger partial charge in [0.1, 0.15) is 5.84 Å². The topological polar surface area (TPSA) is 51.4 Å². The third-order valence-electron chi connectivity index (χ3n) is 9.52. The maximum absolute atomic E-state index is 9.50. The van der Waals surface area contributed by atoms with Crippen molar-refractivity contribution in [1.29, 1.82) is 5.26 Å². The molecule has 0 aromatic heterocycles. The molecule has 1 atom stereocenters. The molecular weight excluding hydrogens is 573 g/mol. The summed E-state index contributed by atoms with van der Waals surface area (Å²) in [6.07, 6.45) is -0.0844. The second kappa shape index (κ2) is 11.5. The highest BCUT2D eigenvalue weighted by Crippen LogP contribution is 2.51. The van der Waals surface area contributed by atoms with Crippen LogP contribution >= 0.6 is 0 Å². The van der Waals surface area contributed by atoms with Gasteiger partial charge in [-0.1, -0.05) is 123 Å². The molecule has 0 fully saturated rings. The Bertz CT molecular complexity index is 2190. The van der Waals surface area contributed by atoms with Gasteiger partial charge in [-0.05, 0) is 75.3 Å². The lowest BCUT2D eigenvalue weighted by molar-refractivity contribution is 0.268. The third kappa shape index (κ3) is 5.07. The van der Waals surface area contributed by atoms with Crippen LogP contribution in [-0.2, 0) is 12.0 Å². The number of benzene rings is 6. The van der Waals surface area contributed by atoms with Crippen LogP contribution in [0.5, 0.6) is 0 Å². The molecule has 1 unspecified atom stereocenters. The van der Waals surface area contributed by atoms with Gasteiger partial charge >= 0.3 is 0 Å². The van der Waals surface area contributed by atoms with Crippen molar-refractivity contribution in [3.05, 3.63) is 179 Å². The fourth-order valence-corrected chi connectivity index (χ4v) is 7.14. The van der Waals surface area contributed by atoms with Gasteiger partial charge in [0.25, 0.3) is 0 Å². The van der Waals surface area contributed by atoms with Crippen molar-refractivity contribution < 1.29 is 0 Å². The van der Waals surface area contributed by atoms with E-state index in [0.717, 1.165) is 33.9 Å². The number of hydrogen-bond donors (Lipinski definition) is 1. The molecule has 6 aromatic carbocycles. The van der Waals surface area contributed by atoms with E-state index in [0.29, 0.717) is 12.1 Å². The smallest absolute Gasteiger partial charge is 0.150 e. The first kappa shape index (κ1) is 28.5. The van der Waals surface area contributed by atoms with Crippen LogP contribution in [0.1, 0.15) is 53.4 Å². The average molecular weight is 607 g/mol. The molecule has 2 aliphatic rings. The van der Waals surface area contributed by atoms with Gasteiger partial charge in [-0.2, -0.15) is 5.26 Å². The Kier molecular flexibility index (Phi) is 6.96. The molecule has 0 amide bonds. The monoisotopic (exact) mass is 606 g/mol. The van der Waals surface area contributed by atoms with E-state index in [1.54, 1.807) is 0 Å². The van der Waals surface area contributed by atoms with E-state index in [9.17, 15) is 5.26 Å². The Balaban J connectivity index is 1.17. The zero-order valence-corrected chi connectivity index (χ0v) is 26.5. The Labute approximate surface area is 276 Å². The molecule has 8 rings (SSSR count). The van der Waals surface area contributed by atoms with E-state index < -0.39 is 0 Å². The normalized spacial score (nSPS) is 15.6. The highest BCUT2D eigenvalue weighted by Gasteiger charge is 2.36. The zero-order chi connectivity index (χ0) is 32.0. The zero-order valence-electron chi connectivity index (χ0n) is 26.5. The van der Waals surface area contributed by atoms with Crippen LogP contribution in [0.15, 0.2) is 151 Å². The molecule has 4 nitrogen and oxygen atoms in total. The minimum absolute atomic E-state index is 0.0844. The van der Waals surface area contributed by atoms with E-state index in [-0.39, 0.29) is 11.6 Å². The fraction of sp³-hybridized carbons (Fsp3) is 0.116. The number of nitriles is 1. The van der Waals surface area contributed by atoms with Crippen LogP contribution < -0.4 is 5.32 Å². The lowest BCUT2D eigenvalue weighted by atomic mass is 9.82. The Hall–Kier alpha value is -5.92. The molecule has 226 valence electrons. The van der Waals surface area contributed by atoms with Gasteiger partial charge in [-0.15, -0.1) is 0 Å². The van der Waals surface area contributed by atoms with E-state index in [2.05, 4.69) is 151 Å². The van der Waals surface area contributed by atoms with Gasteiger partial charge in [-0.3, -0.25) is 0 Å². The van der Waals surface area contributed by atoms with Crippen LogP contribution in [0.4, 0.5) is 11.4 Å². The largest absolute Gasteiger partial charge is 0.355 e. The first-order valence-electron chi connectivity index (χ1n) is 16.1. The molecule has 0 spiro atoms. The van der Waals surface area contributed by atoms with E-state index >= 15 is 0 Å². The third-order valence-corrected chi connectivity index (χ3v) is 9.52. The van der Waals surface area contributed by atoms with Crippen LogP contribution in [0.2, 0.25) is 0 Å². The Morgan fingerprint density at radius 3 is 2.21 bits per heavy atom. The molecule has 0 saturated heterocycles. The van der Waals surface area contributed by atoms with Crippen LogP contribution in [-0.4, -0.2) is 10.7 Å². The van der Waals surface area contributed by atoms with Gasteiger partial charge in [0.2, 0.25) is 0 Å². The SMILES string of the molecule is CC1(C)c2ccccc2-c2cc(-c3ccccc3)c(Nc3cccc(C4=NC(c5ccccc5)N4Cc4cccc(C#N)c4)c3)cc21. The molecule has 4 heteroatoms. The van der Waals surface area contributed by atoms with E-state index in [1.807, 2.05) is 24.3 Å². The lowest BCUT2D eigenvalue weighted by Crippen LogP contribution is -2.42. The summed E-state index contributed by atoms with van der Waals surface area (Å²) in [6.45, 7) is 5.30. The molecule has 0 saturated carbocycles. The summed E-state index contributed by atoms with van der Waals surface area (Å²) in [6, 6.07) is 53.2. The summed E-state index contributed by atoms with van der Waals surface area (Å²) in [5, 5.41) is 13.3. The predicted molar refractivity (Wildman–Crippen MR) is 192 cm³/mol. The molecule has 47 heavy (non-hydrogen) atoms. The standard InChI is InChI=1S/C43H34N4/c1-43(2)38-22-10-9-21-35(38)37-25-36(31-15-5-3-6-16-31)40(26-39(37)43)45-34-20-12-19-33(24-34)42-46-41(32-17-7-4-8-18-32)47(42)28-30-14-11-13-29(23-30)27-44/h3-26,41,45H,28H2,1-2H3. The summed E-state index contributed by atoms with van der Waals surface area (Å²) in [5.74, 6) is 0.943. The highest BCUT2D eigenvalue weighted by atomic mass is 15.4. The number of hydrogen-bond acceptors (Lipinski definition) is 4. The Morgan fingerprint density at radius 2 is 1.40 bits per heavy atom. The summed E-state index contributed by atoms with van der Waals surface area (Å²) >= 11 is 0. The number of aliphatic imine (C=N–C) groups is 1. The first-order valence-corrected chi connectivity index (χ1v) is 16.1. The highest BCUT2D eigenvalue weighted by molar-refractivity contribution is 6.03. The molecule has 6 aromatic rings. The number of nitrogens with zero attached hydrogens (tertiary/aromatic N) is 3. The van der Waals surface area contributed by atoms with Gasteiger partial charge in [0.15, 0.2) is 6.17 Å². The molecule has 1 aliphatic carbocycles. The van der Waals surface area contributed by atoms with Crippen molar-refractivity contribution >= 4 is 17.2 Å². The lowest BCUT2D eigenvalue weighted by Gasteiger charge is -2.41. The van der Waals surface area contributed by atoms with Crippen LogP contribution in [0.3, 0.4) is 0 Å². The van der Waals surface area contributed by atoms with Crippen LogP contribution in [0, 0.1) is 11.3 Å². The van der Waals surface area contributed by atoms with E-state index in [1.165, 1.54) is 33.4 Å².